The third-order valence-corrected chi connectivity index (χ3v) is 6.33. The summed E-state index contributed by atoms with van der Waals surface area (Å²) in [7, 11) is -3.38. The average molecular weight is 452 g/mol. The van der Waals surface area contributed by atoms with Crippen LogP contribution in [0.25, 0.3) is 34.4 Å². The molecule has 0 saturated carbocycles. The number of carbonyl (C=O) groups excluding carboxylic acids is 1. The van der Waals surface area contributed by atoms with Crippen molar-refractivity contribution in [1.82, 2.24) is 19.2 Å². The van der Waals surface area contributed by atoms with E-state index in [1.165, 1.54) is 11.5 Å². The summed E-state index contributed by atoms with van der Waals surface area (Å²) in [5, 5.41) is 1.63. The topological polar surface area (TPSA) is 108 Å². The van der Waals surface area contributed by atoms with E-state index in [0.29, 0.717) is 28.8 Å². The number of sulfonamides is 1. The lowest BCUT2D eigenvalue weighted by molar-refractivity contribution is 0.0857. The molecule has 156 valence electrons. The summed E-state index contributed by atoms with van der Waals surface area (Å²) >= 11 is 1.41. The summed E-state index contributed by atoms with van der Waals surface area (Å²) in [6.07, 6.45) is 10.0. The summed E-state index contributed by atoms with van der Waals surface area (Å²) in [5.74, 6) is -0.134. The minimum absolute atomic E-state index is 0.134. The summed E-state index contributed by atoms with van der Waals surface area (Å²) in [4.78, 5) is 22.4. The normalized spacial score (nSPS) is 13.4. The van der Waals surface area contributed by atoms with Crippen molar-refractivity contribution >= 4 is 56.5 Å². The maximum Gasteiger partial charge on any atom is 0.260 e. The maximum absolute atomic E-state index is 13.2. The fraction of sp³-hybridized carbons (Fsp3) is 0.0952. The molecule has 2 N–H and O–H groups in total. The molecule has 0 bridgehead atoms. The number of hydrogen-bond acceptors (Lipinski definition) is 6. The highest BCUT2D eigenvalue weighted by molar-refractivity contribution is 7.92. The lowest BCUT2D eigenvalue weighted by Gasteiger charge is -2.17. The molecule has 0 radical (unpaired) electrons. The zero-order chi connectivity index (χ0) is 21.6. The van der Waals surface area contributed by atoms with Crippen molar-refractivity contribution < 1.29 is 13.2 Å². The van der Waals surface area contributed by atoms with Gasteiger partial charge in [0.05, 0.1) is 16.4 Å². The van der Waals surface area contributed by atoms with Gasteiger partial charge in [-0.05, 0) is 41.4 Å². The largest absolute Gasteiger partial charge is 0.345 e. The van der Waals surface area contributed by atoms with Crippen molar-refractivity contribution in [2.45, 2.75) is 0 Å². The van der Waals surface area contributed by atoms with E-state index in [2.05, 4.69) is 19.1 Å². The Labute approximate surface area is 181 Å². The number of anilines is 1. The van der Waals surface area contributed by atoms with E-state index in [-0.39, 0.29) is 5.91 Å². The van der Waals surface area contributed by atoms with E-state index in [1.807, 2.05) is 24.4 Å². The van der Waals surface area contributed by atoms with Crippen LogP contribution < -0.4 is 14.5 Å². The van der Waals surface area contributed by atoms with Crippen LogP contribution in [0, 0.1) is 0 Å². The molecule has 1 aliphatic rings. The highest BCUT2D eigenvalue weighted by atomic mass is 32.2. The molecule has 0 atom stereocenters. The van der Waals surface area contributed by atoms with Crippen LogP contribution in [0.4, 0.5) is 5.69 Å². The number of benzene rings is 1. The van der Waals surface area contributed by atoms with Crippen LogP contribution in [0.1, 0.15) is 10.4 Å². The maximum atomic E-state index is 13.2. The molecule has 10 heteroatoms. The molecule has 0 unspecified atom stereocenters. The number of fused-ring (bicyclic) bond motifs is 2. The van der Waals surface area contributed by atoms with Gasteiger partial charge in [-0.2, -0.15) is 4.37 Å². The summed E-state index contributed by atoms with van der Waals surface area (Å²) < 4.78 is 30.8. The fourth-order valence-corrected chi connectivity index (χ4v) is 4.72. The van der Waals surface area contributed by atoms with Crippen molar-refractivity contribution in [3.05, 3.63) is 64.2 Å². The molecular weight excluding hydrogens is 434 g/mol. The molecule has 31 heavy (non-hydrogen) atoms. The van der Waals surface area contributed by atoms with Crippen molar-refractivity contribution in [2.24, 2.45) is 0 Å². The number of hydrogen-bond donors (Lipinski definition) is 2. The zero-order valence-corrected chi connectivity index (χ0v) is 18.0. The highest BCUT2D eigenvalue weighted by Gasteiger charge is 2.20. The Bertz CT molecular complexity index is 1550. The molecule has 8 nitrogen and oxygen atoms in total. The lowest BCUT2D eigenvalue weighted by Crippen LogP contribution is -2.35. The number of aromatic amines is 1. The predicted molar refractivity (Wildman–Crippen MR) is 121 cm³/mol. The molecular formula is C21H17N5O3S2. The van der Waals surface area contributed by atoms with Crippen LogP contribution in [0.3, 0.4) is 0 Å². The number of carbonyl (C=O) groups is 1. The van der Waals surface area contributed by atoms with Crippen LogP contribution in [0.5, 0.6) is 0 Å². The monoisotopic (exact) mass is 451 g/mol. The van der Waals surface area contributed by atoms with Crippen molar-refractivity contribution in [1.29, 1.82) is 0 Å². The molecule has 0 saturated heterocycles. The second-order valence-corrected chi connectivity index (χ2v) is 9.80. The van der Waals surface area contributed by atoms with E-state index < -0.39 is 10.0 Å². The van der Waals surface area contributed by atoms with E-state index in [9.17, 15) is 13.2 Å². The smallest absolute Gasteiger partial charge is 0.260 e. The van der Waals surface area contributed by atoms with Gasteiger partial charge in [0.25, 0.3) is 5.91 Å². The number of nitrogens with zero attached hydrogens (tertiary/aromatic N) is 3. The van der Waals surface area contributed by atoms with Crippen LogP contribution in [0.15, 0.2) is 48.9 Å². The van der Waals surface area contributed by atoms with Crippen molar-refractivity contribution in [2.75, 3.05) is 17.5 Å². The Morgan fingerprint density at radius 2 is 2.10 bits per heavy atom. The molecule has 0 spiro atoms. The minimum Gasteiger partial charge on any atom is -0.345 e. The molecule has 1 aliphatic heterocycles. The average Bonchev–Trinajstić information content (AvgIpc) is 3.38. The van der Waals surface area contributed by atoms with Crippen molar-refractivity contribution in [3.8, 4) is 11.1 Å². The van der Waals surface area contributed by atoms with Crippen molar-refractivity contribution in [3.63, 3.8) is 0 Å². The molecule has 1 amide bonds. The van der Waals surface area contributed by atoms with Gasteiger partial charge in [0.1, 0.15) is 5.65 Å². The van der Waals surface area contributed by atoms with Crippen LogP contribution >= 0.6 is 11.5 Å². The minimum atomic E-state index is -3.38. The third kappa shape index (κ3) is 3.82. The Balaban J connectivity index is 1.52. The van der Waals surface area contributed by atoms with E-state index >= 15 is 0 Å². The van der Waals surface area contributed by atoms with Gasteiger partial charge < -0.3 is 9.88 Å². The fourth-order valence-electron chi connectivity index (χ4n) is 3.52. The molecule has 3 aromatic heterocycles. The molecule has 4 aromatic rings. The first-order valence-electron chi connectivity index (χ1n) is 9.36. The summed E-state index contributed by atoms with van der Waals surface area (Å²) in [6, 6.07) is 8.93. The van der Waals surface area contributed by atoms with Gasteiger partial charge in [-0.15, -0.1) is 0 Å². The van der Waals surface area contributed by atoms with Crippen LogP contribution in [-0.4, -0.2) is 46.4 Å². The Hall–Kier alpha value is -3.50. The summed E-state index contributed by atoms with van der Waals surface area (Å²) in [6.45, 7) is 0.479. The van der Waals surface area contributed by atoms with Gasteiger partial charge in [0.15, 0.2) is 0 Å². The van der Waals surface area contributed by atoms with Gasteiger partial charge in [0.2, 0.25) is 10.0 Å². The summed E-state index contributed by atoms with van der Waals surface area (Å²) in [5.41, 5.74) is 3.15. The van der Waals surface area contributed by atoms with Gasteiger partial charge in [0, 0.05) is 53.2 Å². The van der Waals surface area contributed by atoms with Gasteiger partial charge >= 0.3 is 0 Å². The van der Waals surface area contributed by atoms with Gasteiger partial charge in [-0.25, -0.2) is 13.4 Å². The third-order valence-electron chi connectivity index (χ3n) is 4.92. The Morgan fingerprint density at radius 1 is 1.23 bits per heavy atom. The molecule has 0 aliphatic carbocycles. The first kappa shape index (κ1) is 19.5. The Kier molecular flexibility index (Phi) is 4.60. The Morgan fingerprint density at radius 3 is 2.94 bits per heavy atom. The van der Waals surface area contributed by atoms with E-state index in [4.69, 9.17) is 0 Å². The lowest BCUT2D eigenvalue weighted by atomic mass is 10.0. The number of amides is 1. The van der Waals surface area contributed by atoms with Crippen LogP contribution in [0.2, 0.25) is 0 Å². The molecule has 0 fully saturated rings. The van der Waals surface area contributed by atoms with Gasteiger partial charge in [-0.3, -0.25) is 9.52 Å². The standard InChI is InChI=1S/C21H17N5O3S2/c1-31(28,29)25-16-4-2-3-13(7-16)14-8-17-18(11-23-20(17)22-9-14)21(27)26-6-5-19-15(12-26)10-24-30-19/h2-5,7-12,25H,6H2,1H3,(H,22,23). The predicted octanol–water partition coefficient (Wildman–Crippen LogP) is 1.73. The highest BCUT2D eigenvalue weighted by Crippen LogP contribution is 2.27. The quantitative estimate of drug-likeness (QED) is 0.491. The van der Waals surface area contributed by atoms with Gasteiger partial charge in [-0.1, -0.05) is 12.1 Å². The number of nitrogens with one attached hydrogen (secondary N) is 2. The van der Waals surface area contributed by atoms with E-state index in [0.717, 1.165) is 27.1 Å². The number of rotatable bonds is 4. The first-order valence-corrected chi connectivity index (χ1v) is 12.0. The zero-order valence-electron chi connectivity index (χ0n) is 16.4. The van der Waals surface area contributed by atoms with E-state index in [1.54, 1.807) is 41.7 Å². The second kappa shape index (κ2) is 7.33. The SMILES string of the molecule is CS(=O)(=O)Nc1cccc(-c2cnc3[nH]cc(C(=O)N4C=c5cnsc5=CC4)c3c2)c1. The number of aromatic nitrogens is 3. The number of pyridine rings is 1. The van der Waals surface area contributed by atoms with Crippen LogP contribution in [-0.2, 0) is 10.0 Å². The number of H-pyrrole nitrogens is 1. The molecule has 5 rings (SSSR count). The molecule has 1 aromatic carbocycles. The molecule has 4 heterocycles. The first-order chi connectivity index (χ1) is 14.9. The second-order valence-electron chi connectivity index (χ2n) is 7.21.